The van der Waals surface area contributed by atoms with Crippen molar-refractivity contribution >= 4 is 27.0 Å². The van der Waals surface area contributed by atoms with Gasteiger partial charge in [-0.2, -0.15) is 4.31 Å². The highest BCUT2D eigenvalue weighted by molar-refractivity contribution is 7.89. The molecule has 0 radical (unpaired) electrons. The first-order valence-electron chi connectivity index (χ1n) is 9.89. The Bertz CT molecular complexity index is 1210. The molecule has 1 aliphatic heterocycles. The molecule has 158 valence electrons. The number of rotatable bonds is 7. The number of amides is 1. The van der Waals surface area contributed by atoms with Crippen molar-refractivity contribution in [3.05, 3.63) is 64.6 Å². The molecule has 3 aromatic rings. The van der Waals surface area contributed by atoms with E-state index in [9.17, 15) is 18.0 Å². The lowest BCUT2D eigenvalue weighted by atomic mass is 10.1. The summed E-state index contributed by atoms with van der Waals surface area (Å²) in [6.07, 6.45) is 2.37. The van der Waals surface area contributed by atoms with Crippen LogP contribution < -0.4 is 11.1 Å². The van der Waals surface area contributed by atoms with Crippen LogP contribution in [0.15, 0.2) is 62.6 Å². The molecule has 0 unspecified atom stereocenters. The highest BCUT2D eigenvalue weighted by Gasteiger charge is 2.28. The third kappa shape index (κ3) is 4.17. The van der Waals surface area contributed by atoms with Crippen molar-refractivity contribution in [2.24, 2.45) is 0 Å². The minimum Gasteiger partial charge on any atom is -0.408 e. The van der Waals surface area contributed by atoms with Gasteiger partial charge in [-0.1, -0.05) is 30.3 Å². The van der Waals surface area contributed by atoms with Crippen molar-refractivity contribution in [2.75, 3.05) is 19.6 Å². The number of nitrogens with zero attached hydrogens (tertiary/aromatic N) is 2. The molecule has 1 aromatic heterocycles. The summed E-state index contributed by atoms with van der Waals surface area (Å²) in [5.41, 5.74) is 1.64. The lowest BCUT2D eigenvalue weighted by Crippen LogP contribution is -2.32. The van der Waals surface area contributed by atoms with Crippen LogP contribution in [0.3, 0.4) is 0 Å². The van der Waals surface area contributed by atoms with E-state index in [1.807, 2.05) is 30.3 Å². The summed E-state index contributed by atoms with van der Waals surface area (Å²) in [7, 11) is -3.61. The van der Waals surface area contributed by atoms with Gasteiger partial charge < -0.3 is 9.73 Å². The fourth-order valence-corrected chi connectivity index (χ4v) is 5.16. The maximum absolute atomic E-state index is 12.7. The molecule has 9 heteroatoms. The van der Waals surface area contributed by atoms with Crippen LogP contribution in [0, 0.1) is 0 Å². The van der Waals surface area contributed by atoms with Crippen LogP contribution in [0.25, 0.3) is 11.1 Å². The third-order valence-electron chi connectivity index (χ3n) is 5.22. The van der Waals surface area contributed by atoms with Crippen molar-refractivity contribution in [2.45, 2.75) is 30.7 Å². The van der Waals surface area contributed by atoms with Crippen molar-refractivity contribution in [3.8, 4) is 0 Å². The fraction of sp³-hybridized carbons (Fsp3) is 0.333. The lowest BCUT2D eigenvalue weighted by molar-refractivity contribution is -0.121. The summed E-state index contributed by atoms with van der Waals surface area (Å²) in [6.45, 7) is 1.24. The average molecular weight is 429 g/mol. The number of benzene rings is 2. The molecular weight excluding hydrogens is 406 g/mol. The molecule has 0 atom stereocenters. The highest BCUT2D eigenvalue weighted by Crippen LogP contribution is 2.24. The van der Waals surface area contributed by atoms with E-state index in [1.54, 1.807) is 0 Å². The molecule has 8 nitrogen and oxygen atoms in total. The molecule has 1 fully saturated rings. The first kappa shape index (κ1) is 20.4. The molecule has 30 heavy (non-hydrogen) atoms. The van der Waals surface area contributed by atoms with E-state index in [0.717, 1.165) is 18.4 Å². The number of hydrogen-bond donors (Lipinski definition) is 1. The second kappa shape index (κ2) is 8.45. The Kier molecular flexibility index (Phi) is 5.74. The highest BCUT2D eigenvalue weighted by atomic mass is 32.2. The Labute approximate surface area is 174 Å². The van der Waals surface area contributed by atoms with Gasteiger partial charge in [-0.25, -0.2) is 13.2 Å². The molecule has 0 saturated carbocycles. The van der Waals surface area contributed by atoms with Gasteiger partial charge in [-0.05, 0) is 37.0 Å². The van der Waals surface area contributed by atoms with Gasteiger partial charge in [0.1, 0.15) is 6.54 Å². The Morgan fingerprint density at radius 2 is 1.80 bits per heavy atom. The second-order valence-corrected chi connectivity index (χ2v) is 9.22. The summed E-state index contributed by atoms with van der Waals surface area (Å²) in [4.78, 5) is 24.6. The zero-order valence-electron chi connectivity index (χ0n) is 16.4. The predicted molar refractivity (Wildman–Crippen MR) is 112 cm³/mol. The number of oxazole rings is 1. The quantitative estimate of drug-likeness (QED) is 0.616. The number of fused-ring (bicyclic) bond motifs is 1. The van der Waals surface area contributed by atoms with Crippen molar-refractivity contribution in [1.82, 2.24) is 14.2 Å². The smallest absolute Gasteiger partial charge is 0.408 e. The van der Waals surface area contributed by atoms with Gasteiger partial charge in [0.15, 0.2) is 5.58 Å². The van der Waals surface area contributed by atoms with E-state index in [1.165, 1.54) is 27.1 Å². The first-order chi connectivity index (χ1) is 14.4. The Balaban J connectivity index is 1.47. The second-order valence-electron chi connectivity index (χ2n) is 7.28. The predicted octanol–water partition coefficient (Wildman–Crippen LogP) is 1.74. The normalized spacial score (nSPS) is 14.9. The van der Waals surface area contributed by atoms with Crippen LogP contribution in [0.4, 0.5) is 0 Å². The van der Waals surface area contributed by atoms with Crippen LogP contribution >= 0.6 is 0 Å². The minimum atomic E-state index is -3.61. The summed E-state index contributed by atoms with van der Waals surface area (Å²) in [5, 5.41) is 2.79. The van der Waals surface area contributed by atoms with Gasteiger partial charge in [0, 0.05) is 25.7 Å². The molecule has 0 bridgehead atoms. The number of sulfonamides is 1. The maximum Gasteiger partial charge on any atom is 0.420 e. The standard InChI is InChI=1S/C21H23N3O5S/c25-20(22-11-10-16-6-2-1-3-7-16)15-24-18-9-8-17(14-19(18)29-21(24)26)30(27,28)23-12-4-5-13-23/h1-3,6-9,14H,4-5,10-13,15H2,(H,22,25). The SMILES string of the molecule is O=C(Cn1c(=O)oc2cc(S(=O)(=O)N3CCCC3)ccc21)NCCc1ccccc1. The summed E-state index contributed by atoms with van der Waals surface area (Å²) in [5.74, 6) is -1.01. The van der Waals surface area contributed by atoms with Gasteiger partial charge >= 0.3 is 5.76 Å². The Morgan fingerprint density at radius 3 is 2.53 bits per heavy atom. The molecule has 0 aliphatic carbocycles. The molecule has 1 N–H and O–H groups in total. The van der Waals surface area contributed by atoms with Crippen LogP contribution in [0.1, 0.15) is 18.4 Å². The largest absolute Gasteiger partial charge is 0.420 e. The number of hydrogen-bond acceptors (Lipinski definition) is 5. The zero-order chi connectivity index (χ0) is 21.1. The minimum absolute atomic E-state index is 0.0881. The molecule has 0 spiro atoms. The van der Waals surface area contributed by atoms with Gasteiger partial charge in [0.25, 0.3) is 0 Å². The van der Waals surface area contributed by atoms with Crippen LogP contribution in [-0.4, -0.2) is 42.8 Å². The number of carbonyl (C=O) groups is 1. The van der Waals surface area contributed by atoms with Crippen LogP contribution in [0.2, 0.25) is 0 Å². The fourth-order valence-electron chi connectivity index (χ4n) is 3.62. The van der Waals surface area contributed by atoms with Gasteiger partial charge in [-0.3, -0.25) is 9.36 Å². The van der Waals surface area contributed by atoms with Crippen molar-refractivity contribution in [1.29, 1.82) is 0 Å². The lowest BCUT2D eigenvalue weighted by Gasteiger charge is -2.15. The third-order valence-corrected chi connectivity index (χ3v) is 7.12. The molecule has 4 rings (SSSR count). The maximum atomic E-state index is 12.7. The molecule has 2 heterocycles. The van der Waals surface area contributed by atoms with Gasteiger partial charge in [-0.15, -0.1) is 0 Å². The average Bonchev–Trinajstić information content (AvgIpc) is 3.38. The van der Waals surface area contributed by atoms with E-state index in [4.69, 9.17) is 4.42 Å². The number of aromatic nitrogens is 1. The molecule has 1 saturated heterocycles. The van der Waals surface area contributed by atoms with E-state index >= 15 is 0 Å². The molecule has 1 aliphatic rings. The molecule has 2 aromatic carbocycles. The zero-order valence-corrected chi connectivity index (χ0v) is 17.2. The first-order valence-corrected chi connectivity index (χ1v) is 11.3. The van der Waals surface area contributed by atoms with Gasteiger partial charge in [0.2, 0.25) is 15.9 Å². The number of nitrogens with one attached hydrogen (secondary N) is 1. The van der Waals surface area contributed by atoms with Crippen molar-refractivity contribution < 1.29 is 17.6 Å². The summed E-state index contributed by atoms with van der Waals surface area (Å²) >= 11 is 0. The molecule has 1 amide bonds. The topological polar surface area (TPSA) is 102 Å². The van der Waals surface area contributed by atoms with E-state index in [-0.39, 0.29) is 22.9 Å². The monoisotopic (exact) mass is 429 g/mol. The summed E-state index contributed by atoms with van der Waals surface area (Å²) < 4.78 is 33.3. The van der Waals surface area contributed by atoms with Crippen LogP contribution in [0.5, 0.6) is 0 Å². The number of carbonyl (C=O) groups excluding carboxylic acids is 1. The van der Waals surface area contributed by atoms with E-state index in [0.29, 0.717) is 31.6 Å². The van der Waals surface area contributed by atoms with Gasteiger partial charge in [0.05, 0.1) is 10.4 Å². The van der Waals surface area contributed by atoms with E-state index in [2.05, 4.69) is 5.32 Å². The summed E-state index contributed by atoms with van der Waals surface area (Å²) in [6, 6.07) is 14.1. The molecular formula is C21H23N3O5S. The Hall–Kier alpha value is -2.91. The Morgan fingerprint density at radius 1 is 1.07 bits per heavy atom. The van der Waals surface area contributed by atoms with E-state index < -0.39 is 15.8 Å². The van der Waals surface area contributed by atoms with Crippen molar-refractivity contribution in [3.63, 3.8) is 0 Å². The van der Waals surface area contributed by atoms with Crippen LogP contribution in [-0.2, 0) is 27.8 Å².